The van der Waals surface area contributed by atoms with Crippen LogP contribution >= 0.6 is 0 Å². The Balaban J connectivity index is 3.95. The minimum atomic E-state index is -0.470. The van der Waals surface area contributed by atoms with Crippen molar-refractivity contribution in [2.24, 2.45) is 5.92 Å². The van der Waals surface area contributed by atoms with Crippen molar-refractivity contribution in [2.45, 2.75) is 259 Å². The third-order valence-electron chi connectivity index (χ3n) is 11.5. The molecule has 56 heavy (non-hydrogen) atoms. The zero-order chi connectivity index (χ0) is 41.0. The molecule has 334 valence electrons. The van der Waals surface area contributed by atoms with Crippen molar-refractivity contribution in [2.75, 3.05) is 39.5 Å². The predicted octanol–water partition coefficient (Wildman–Crippen LogP) is 14.7. The van der Waals surface area contributed by atoms with Crippen LogP contribution in [0.25, 0.3) is 0 Å². The average Bonchev–Trinajstić information content (AvgIpc) is 3.19. The summed E-state index contributed by atoms with van der Waals surface area (Å²) >= 11 is 0. The van der Waals surface area contributed by atoms with E-state index < -0.39 is 6.16 Å². The van der Waals surface area contributed by atoms with E-state index >= 15 is 0 Å². The molecule has 0 amide bonds. The molecule has 0 aliphatic carbocycles. The smallest absolute Gasteiger partial charge is 0.465 e. The van der Waals surface area contributed by atoms with Gasteiger partial charge in [0.2, 0.25) is 0 Å². The van der Waals surface area contributed by atoms with Crippen molar-refractivity contribution in [1.29, 1.82) is 0 Å². The van der Waals surface area contributed by atoms with E-state index in [-0.39, 0.29) is 24.6 Å². The fourth-order valence-electron chi connectivity index (χ4n) is 7.85. The number of carbonyl (C=O) groups is 2. The van der Waals surface area contributed by atoms with Gasteiger partial charge in [-0.25, -0.2) is 4.79 Å². The van der Waals surface area contributed by atoms with Crippen LogP contribution in [0.1, 0.15) is 252 Å². The molecule has 0 spiro atoms. The Morgan fingerprint density at radius 1 is 0.429 bits per heavy atom. The van der Waals surface area contributed by atoms with Gasteiger partial charge in [0.05, 0.1) is 25.7 Å². The fraction of sp³-hybridized carbons (Fsp3) is 0.959. The zero-order valence-electron chi connectivity index (χ0n) is 38.1. The molecule has 0 radical (unpaired) electrons. The van der Waals surface area contributed by atoms with E-state index in [9.17, 15) is 14.7 Å². The quantitative estimate of drug-likeness (QED) is 0.0485. The maximum Gasteiger partial charge on any atom is 0.508 e. The largest absolute Gasteiger partial charge is 0.508 e. The fourth-order valence-corrected chi connectivity index (χ4v) is 7.85. The maximum atomic E-state index is 12.6. The third-order valence-corrected chi connectivity index (χ3v) is 11.5. The number of aliphatic hydroxyl groups excluding tert-OH is 1. The van der Waals surface area contributed by atoms with Crippen LogP contribution in [0.5, 0.6) is 0 Å². The lowest BCUT2D eigenvalue weighted by molar-refractivity contribution is -0.149. The second kappa shape index (κ2) is 44.8. The highest BCUT2D eigenvalue weighted by atomic mass is 16.7. The average molecular weight is 796 g/mol. The van der Waals surface area contributed by atoms with Crippen molar-refractivity contribution in [3.8, 4) is 0 Å². The van der Waals surface area contributed by atoms with E-state index in [4.69, 9.17) is 14.2 Å². The van der Waals surface area contributed by atoms with Gasteiger partial charge in [-0.05, 0) is 77.3 Å². The monoisotopic (exact) mass is 796 g/mol. The minimum Gasteiger partial charge on any atom is -0.465 e. The first-order valence-corrected chi connectivity index (χ1v) is 24.8. The SMILES string of the molecule is CCCCCCCCCCCC(CCCCCC)OC(=O)OCCCCCCCCN(CCO)CCCCCCCCOC(=O)C(CCC)CCCCCCC. The topological polar surface area (TPSA) is 85.3 Å². The van der Waals surface area contributed by atoms with E-state index in [2.05, 4.69) is 32.6 Å². The van der Waals surface area contributed by atoms with Crippen LogP contribution < -0.4 is 0 Å². The van der Waals surface area contributed by atoms with E-state index in [1.54, 1.807) is 0 Å². The standard InChI is InChI=1S/C49H97NO6/c1-5-9-12-15-16-17-18-24-31-39-47(38-30-14-11-7-3)56-49(53)55-45-35-28-22-20-26-33-41-50(42-43-51)40-32-25-19-21-27-34-44-54-48(52)46(36-8-4)37-29-23-13-10-6-2/h46-47,51H,5-45H2,1-4H3. The molecule has 0 aromatic rings. The number of ether oxygens (including phenoxy) is 3. The van der Waals surface area contributed by atoms with Gasteiger partial charge in [0.15, 0.2) is 0 Å². The second-order valence-corrected chi connectivity index (χ2v) is 17.0. The lowest BCUT2D eigenvalue weighted by atomic mass is 9.96. The minimum absolute atomic E-state index is 0.00159. The van der Waals surface area contributed by atoms with E-state index in [1.807, 2.05) is 0 Å². The highest BCUT2D eigenvalue weighted by Gasteiger charge is 2.19. The highest BCUT2D eigenvalue weighted by Crippen LogP contribution is 2.20. The van der Waals surface area contributed by atoms with E-state index in [0.29, 0.717) is 13.2 Å². The summed E-state index contributed by atoms with van der Waals surface area (Å²) in [4.78, 5) is 27.5. The number of esters is 1. The lowest BCUT2D eigenvalue weighted by Crippen LogP contribution is -2.29. The normalized spacial score (nSPS) is 12.6. The van der Waals surface area contributed by atoms with E-state index in [1.165, 1.54) is 135 Å². The Labute approximate surface area is 348 Å². The number of rotatable bonds is 45. The molecular weight excluding hydrogens is 699 g/mol. The van der Waals surface area contributed by atoms with Gasteiger partial charge in [0.25, 0.3) is 0 Å². The molecule has 0 aliphatic heterocycles. The van der Waals surface area contributed by atoms with Crippen molar-refractivity contribution >= 4 is 12.1 Å². The number of carbonyl (C=O) groups excluding carboxylic acids is 2. The summed E-state index contributed by atoms with van der Waals surface area (Å²) in [5.41, 5.74) is 0. The molecular formula is C49H97NO6. The maximum absolute atomic E-state index is 12.6. The van der Waals surface area contributed by atoms with Crippen molar-refractivity contribution in [3.63, 3.8) is 0 Å². The number of nitrogens with zero attached hydrogens (tertiary/aromatic N) is 1. The van der Waals surface area contributed by atoms with Crippen LogP contribution in [0, 0.1) is 5.92 Å². The van der Waals surface area contributed by atoms with Gasteiger partial charge < -0.3 is 24.2 Å². The van der Waals surface area contributed by atoms with Gasteiger partial charge in [0.1, 0.15) is 6.10 Å². The number of hydrogen-bond donors (Lipinski definition) is 1. The molecule has 0 bridgehead atoms. The molecule has 2 atom stereocenters. The van der Waals surface area contributed by atoms with Gasteiger partial charge >= 0.3 is 12.1 Å². The van der Waals surface area contributed by atoms with Gasteiger partial charge in [-0.15, -0.1) is 0 Å². The van der Waals surface area contributed by atoms with Gasteiger partial charge in [-0.3, -0.25) is 4.79 Å². The summed E-state index contributed by atoms with van der Waals surface area (Å²) in [6.45, 7) is 13.0. The van der Waals surface area contributed by atoms with Crippen LogP contribution in [-0.4, -0.2) is 67.7 Å². The van der Waals surface area contributed by atoms with Crippen LogP contribution in [0.2, 0.25) is 0 Å². The Morgan fingerprint density at radius 3 is 1.29 bits per heavy atom. The first-order valence-electron chi connectivity index (χ1n) is 24.8. The lowest BCUT2D eigenvalue weighted by Gasteiger charge is -2.21. The molecule has 0 aromatic heterocycles. The summed E-state index contributed by atoms with van der Waals surface area (Å²) < 4.78 is 17.0. The highest BCUT2D eigenvalue weighted by molar-refractivity contribution is 5.72. The first kappa shape index (κ1) is 54.7. The molecule has 0 saturated heterocycles. The second-order valence-electron chi connectivity index (χ2n) is 17.0. The molecule has 7 heteroatoms. The van der Waals surface area contributed by atoms with Crippen LogP contribution in [-0.2, 0) is 19.0 Å². The summed E-state index contributed by atoms with van der Waals surface area (Å²) in [5.74, 6) is 0.125. The van der Waals surface area contributed by atoms with Crippen molar-refractivity contribution < 1.29 is 28.9 Å². The Bertz CT molecular complexity index is 809. The van der Waals surface area contributed by atoms with Crippen molar-refractivity contribution in [3.05, 3.63) is 0 Å². The summed E-state index contributed by atoms with van der Waals surface area (Å²) in [6.07, 6.45) is 40.8. The van der Waals surface area contributed by atoms with Gasteiger partial charge in [-0.1, -0.05) is 188 Å². The Hall–Kier alpha value is -1.34. The first-order chi connectivity index (χ1) is 27.5. The molecule has 0 rings (SSSR count). The Kier molecular flexibility index (Phi) is 43.7. The van der Waals surface area contributed by atoms with Crippen LogP contribution in [0.3, 0.4) is 0 Å². The molecule has 0 fully saturated rings. The summed E-state index contributed by atoms with van der Waals surface area (Å²) in [7, 11) is 0. The zero-order valence-corrected chi connectivity index (χ0v) is 38.1. The van der Waals surface area contributed by atoms with Crippen LogP contribution in [0.4, 0.5) is 4.79 Å². The summed E-state index contributed by atoms with van der Waals surface area (Å²) in [5, 5.41) is 9.58. The summed E-state index contributed by atoms with van der Waals surface area (Å²) in [6, 6.07) is 0. The number of unbranched alkanes of at least 4 members (excludes halogenated alkanes) is 25. The van der Waals surface area contributed by atoms with E-state index in [0.717, 1.165) is 110 Å². The molecule has 0 saturated carbocycles. The Morgan fingerprint density at radius 2 is 0.821 bits per heavy atom. The molecule has 0 aliphatic rings. The van der Waals surface area contributed by atoms with Crippen LogP contribution in [0.15, 0.2) is 0 Å². The molecule has 2 unspecified atom stereocenters. The molecule has 7 nitrogen and oxygen atoms in total. The van der Waals surface area contributed by atoms with Gasteiger partial charge in [-0.2, -0.15) is 0 Å². The number of aliphatic hydroxyl groups is 1. The molecule has 0 heterocycles. The molecule has 1 N–H and O–H groups in total. The number of hydrogen-bond acceptors (Lipinski definition) is 7. The predicted molar refractivity (Wildman–Crippen MR) is 238 cm³/mol. The third kappa shape index (κ3) is 38.2. The van der Waals surface area contributed by atoms with Gasteiger partial charge in [0, 0.05) is 6.54 Å². The molecule has 0 aromatic carbocycles. The van der Waals surface area contributed by atoms with Crippen molar-refractivity contribution in [1.82, 2.24) is 4.90 Å².